The Morgan fingerprint density at radius 1 is 0.478 bits per heavy atom. The molecule has 0 aromatic heterocycles. The van der Waals surface area contributed by atoms with Crippen molar-refractivity contribution >= 4 is 0 Å². The summed E-state index contributed by atoms with van der Waals surface area (Å²) in [5.41, 5.74) is 0. The first-order valence-corrected chi connectivity index (χ1v) is 10.7. The molecule has 0 radical (unpaired) electrons. The molecule has 0 spiro atoms. The van der Waals surface area contributed by atoms with Crippen molar-refractivity contribution in [3.05, 3.63) is 12.2 Å². The fourth-order valence-corrected chi connectivity index (χ4v) is 3.07. The van der Waals surface area contributed by atoms with Crippen LogP contribution in [0.5, 0.6) is 0 Å². The molecule has 0 amide bonds. The molecule has 0 aliphatic rings. The molecule has 1 heteroatoms. The highest BCUT2D eigenvalue weighted by Crippen LogP contribution is 2.11. The molecule has 0 aromatic rings. The van der Waals surface area contributed by atoms with Crippen LogP contribution in [0.1, 0.15) is 122 Å². The Morgan fingerprint density at radius 2 is 0.826 bits per heavy atom. The van der Waals surface area contributed by atoms with Crippen molar-refractivity contribution in [2.45, 2.75) is 122 Å². The maximum Gasteiger partial charge on any atom is 0.0431 e. The molecule has 0 heterocycles. The highest BCUT2D eigenvalue weighted by molar-refractivity contribution is 4.81. The summed E-state index contributed by atoms with van der Waals surface area (Å²) < 4.78 is 0. The van der Waals surface area contributed by atoms with E-state index in [1.165, 1.54) is 109 Å². The predicted molar refractivity (Wildman–Crippen MR) is 105 cm³/mol. The van der Waals surface area contributed by atoms with Crippen LogP contribution in [0.2, 0.25) is 0 Å². The highest BCUT2D eigenvalue weighted by atomic mass is 16.2. The number of aliphatic hydroxyl groups excluding tert-OH is 1. The van der Waals surface area contributed by atoms with Gasteiger partial charge in [-0.05, 0) is 32.1 Å². The van der Waals surface area contributed by atoms with Crippen LogP contribution >= 0.6 is 0 Å². The van der Waals surface area contributed by atoms with Crippen molar-refractivity contribution in [2.24, 2.45) is 0 Å². The Hall–Kier alpha value is -0.300. The second-order valence-corrected chi connectivity index (χ2v) is 7.08. The van der Waals surface area contributed by atoms with Gasteiger partial charge in [-0.25, -0.2) is 0 Å². The third kappa shape index (κ3) is 21.7. The number of hydrogen-bond donors (Lipinski definition) is 1. The second kappa shape index (κ2) is 21.7. The fourth-order valence-electron chi connectivity index (χ4n) is 3.07. The van der Waals surface area contributed by atoms with E-state index >= 15 is 0 Å². The van der Waals surface area contributed by atoms with Gasteiger partial charge in [-0.15, -0.1) is 0 Å². The number of unbranched alkanes of at least 4 members (excludes halogenated alkanes) is 16. The van der Waals surface area contributed by atoms with E-state index < -0.39 is 0 Å². The molecule has 0 rings (SSSR count). The molecule has 0 fully saturated rings. The Bertz CT molecular complexity index is 222. The Morgan fingerprint density at radius 3 is 1.22 bits per heavy atom. The van der Waals surface area contributed by atoms with Gasteiger partial charge in [0.25, 0.3) is 0 Å². The summed E-state index contributed by atoms with van der Waals surface area (Å²) in [5.74, 6) is 0. The van der Waals surface area contributed by atoms with Gasteiger partial charge in [-0.2, -0.15) is 0 Å². The third-order valence-corrected chi connectivity index (χ3v) is 4.67. The molecule has 0 atom stereocenters. The molecule has 23 heavy (non-hydrogen) atoms. The molecule has 1 N–H and O–H groups in total. The van der Waals surface area contributed by atoms with Crippen molar-refractivity contribution in [1.29, 1.82) is 0 Å². The lowest BCUT2D eigenvalue weighted by atomic mass is 10.1. The van der Waals surface area contributed by atoms with Gasteiger partial charge in [-0.3, -0.25) is 0 Å². The molecule has 0 aromatic carbocycles. The van der Waals surface area contributed by atoms with Crippen molar-refractivity contribution < 1.29 is 5.11 Å². The van der Waals surface area contributed by atoms with Gasteiger partial charge in [0.15, 0.2) is 0 Å². The van der Waals surface area contributed by atoms with Crippen LogP contribution in [0.25, 0.3) is 0 Å². The van der Waals surface area contributed by atoms with Gasteiger partial charge in [0.05, 0.1) is 0 Å². The van der Waals surface area contributed by atoms with E-state index in [1.807, 2.05) is 0 Å². The van der Waals surface area contributed by atoms with E-state index in [4.69, 9.17) is 5.11 Å². The zero-order chi connectivity index (χ0) is 16.8. The quantitative estimate of drug-likeness (QED) is 0.192. The molecule has 0 aliphatic carbocycles. The third-order valence-electron chi connectivity index (χ3n) is 4.67. The van der Waals surface area contributed by atoms with Crippen LogP contribution in [0.3, 0.4) is 0 Å². The van der Waals surface area contributed by atoms with Crippen molar-refractivity contribution in [3.8, 4) is 0 Å². The fraction of sp³-hybridized carbons (Fsp3) is 0.909. The number of hydrogen-bond acceptors (Lipinski definition) is 1. The second-order valence-electron chi connectivity index (χ2n) is 7.08. The van der Waals surface area contributed by atoms with Crippen LogP contribution in [0.15, 0.2) is 12.2 Å². The smallest absolute Gasteiger partial charge is 0.0431 e. The molecule has 138 valence electrons. The maximum absolute atomic E-state index is 8.70. The van der Waals surface area contributed by atoms with E-state index in [0.29, 0.717) is 6.61 Å². The van der Waals surface area contributed by atoms with Crippen molar-refractivity contribution in [1.82, 2.24) is 0 Å². The van der Waals surface area contributed by atoms with Gasteiger partial charge < -0.3 is 5.11 Å². The van der Waals surface area contributed by atoms with E-state index in [9.17, 15) is 0 Å². The molecular formula is C22H44O. The molecular weight excluding hydrogens is 280 g/mol. The summed E-state index contributed by atoms with van der Waals surface area (Å²) in [6.07, 6.45) is 29.1. The largest absolute Gasteiger partial charge is 0.396 e. The predicted octanol–water partition coefficient (Wildman–Crippen LogP) is 7.58. The van der Waals surface area contributed by atoms with Gasteiger partial charge in [-0.1, -0.05) is 103 Å². The lowest BCUT2D eigenvalue weighted by Crippen LogP contribution is -1.84. The number of rotatable bonds is 19. The van der Waals surface area contributed by atoms with Crippen molar-refractivity contribution in [3.63, 3.8) is 0 Å². The van der Waals surface area contributed by atoms with Gasteiger partial charge in [0.2, 0.25) is 0 Å². The first kappa shape index (κ1) is 22.7. The van der Waals surface area contributed by atoms with E-state index in [-0.39, 0.29) is 0 Å². The molecule has 0 unspecified atom stereocenters. The zero-order valence-corrected chi connectivity index (χ0v) is 16.0. The lowest BCUT2D eigenvalue weighted by Gasteiger charge is -2.01. The minimum Gasteiger partial charge on any atom is -0.396 e. The summed E-state index contributed by atoms with van der Waals surface area (Å²) in [5, 5.41) is 8.70. The zero-order valence-electron chi connectivity index (χ0n) is 16.0. The minimum atomic E-state index is 0.368. The number of allylic oxidation sites excluding steroid dienone is 2. The first-order valence-electron chi connectivity index (χ1n) is 10.7. The first-order chi connectivity index (χ1) is 11.4. The summed E-state index contributed by atoms with van der Waals surface area (Å²) in [6, 6.07) is 0. The Balaban J connectivity index is 3.03. The highest BCUT2D eigenvalue weighted by Gasteiger charge is 1.92. The normalized spacial score (nSPS) is 11.6. The Labute approximate surface area is 147 Å². The summed E-state index contributed by atoms with van der Waals surface area (Å²) in [4.78, 5) is 0. The maximum atomic E-state index is 8.70. The number of aliphatic hydroxyl groups is 1. The van der Waals surface area contributed by atoms with E-state index in [1.54, 1.807) is 0 Å². The topological polar surface area (TPSA) is 20.2 Å². The van der Waals surface area contributed by atoms with Gasteiger partial charge in [0, 0.05) is 6.61 Å². The van der Waals surface area contributed by atoms with Crippen LogP contribution < -0.4 is 0 Å². The monoisotopic (exact) mass is 324 g/mol. The standard InChI is InChI=1S/C22H44O/c1-2-3-4-5-6-7-8-9-10-11-12-13-14-15-16-17-18-19-20-21-22-23/h10-11,23H,2-9,12-22H2,1H3/b11-10-. The lowest BCUT2D eigenvalue weighted by molar-refractivity contribution is 0.282. The van der Waals surface area contributed by atoms with Crippen LogP contribution in [-0.2, 0) is 0 Å². The Kier molecular flexibility index (Phi) is 21.4. The van der Waals surface area contributed by atoms with E-state index in [2.05, 4.69) is 19.1 Å². The summed E-state index contributed by atoms with van der Waals surface area (Å²) in [7, 11) is 0. The summed E-state index contributed by atoms with van der Waals surface area (Å²) in [6.45, 7) is 2.65. The molecule has 0 bridgehead atoms. The molecule has 0 aliphatic heterocycles. The van der Waals surface area contributed by atoms with Gasteiger partial charge in [0.1, 0.15) is 0 Å². The molecule has 0 saturated heterocycles. The SMILES string of the molecule is CCCCCCCCC/C=C\CCCCCCCCCCCO. The molecule has 0 saturated carbocycles. The van der Waals surface area contributed by atoms with Crippen molar-refractivity contribution in [2.75, 3.05) is 6.61 Å². The average molecular weight is 325 g/mol. The van der Waals surface area contributed by atoms with Crippen LogP contribution in [0.4, 0.5) is 0 Å². The van der Waals surface area contributed by atoms with Crippen LogP contribution in [0, 0.1) is 0 Å². The molecule has 1 nitrogen and oxygen atoms in total. The summed E-state index contributed by atoms with van der Waals surface area (Å²) >= 11 is 0. The van der Waals surface area contributed by atoms with Crippen LogP contribution in [-0.4, -0.2) is 11.7 Å². The average Bonchev–Trinajstić information content (AvgIpc) is 2.57. The van der Waals surface area contributed by atoms with E-state index in [0.717, 1.165) is 6.42 Å². The van der Waals surface area contributed by atoms with Gasteiger partial charge >= 0.3 is 0 Å². The minimum absolute atomic E-state index is 0.368.